The molecule has 0 amide bonds. The van der Waals surface area contributed by atoms with Gasteiger partial charge in [-0.05, 0) is 25.5 Å². The highest BCUT2D eigenvalue weighted by atomic mass is 16.6. The molecule has 7 heteroatoms. The summed E-state index contributed by atoms with van der Waals surface area (Å²) < 4.78 is 21.6. The van der Waals surface area contributed by atoms with Crippen molar-refractivity contribution in [3.05, 3.63) is 18.3 Å². The van der Waals surface area contributed by atoms with Crippen LogP contribution in [0, 0.1) is 0 Å². The summed E-state index contributed by atoms with van der Waals surface area (Å²) >= 11 is 0. The van der Waals surface area contributed by atoms with Crippen molar-refractivity contribution in [3.63, 3.8) is 0 Å². The monoisotopic (exact) mass is 379 g/mol. The van der Waals surface area contributed by atoms with Gasteiger partial charge >= 0.3 is 0 Å². The number of rotatable bonds is 12. The van der Waals surface area contributed by atoms with Crippen LogP contribution in [0.15, 0.2) is 18.3 Å². The second-order valence-corrected chi connectivity index (χ2v) is 7.06. The normalized spacial score (nSPS) is 22.4. The molecule has 2 saturated heterocycles. The van der Waals surface area contributed by atoms with Gasteiger partial charge in [0.1, 0.15) is 6.61 Å². The summed E-state index contributed by atoms with van der Waals surface area (Å²) in [6.45, 7) is 9.07. The lowest BCUT2D eigenvalue weighted by Gasteiger charge is -2.42. The fourth-order valence-corrected chi connectivity index (χ4v) is 3.98. The predicted octanol–water partition coefficient (Wildman–Crippen LogP) is 1.81. The van der Waals surface area contributed by atoms with Gasteiger partial charge in [0.05, 0.1) is 33.0 Å². The maximum atomic E-state index is 5.78. The van der Waals surface area contributed by atoms with Crippen molar-refractivity contribution in [2.24, 2.45) is 0 Å². The molecule has 2 unspecified atom stereocenters. The summed E-state index contributed by atoms with van der Waals surface area (Å²) in [6.07, 6.45) is 4.40. The number of nitrogens with zero attached hydrogens (tertiary/aromatic N) is 3. The fourth-order valence-electron chi connectivity index (χ4n) is 3.98. The third-order valence-electron chi connectivity index (χ3n) is 5.30. The molecule has 2 aliphatic rings. The molecule has 3 heterocycles. The Labute approximate surface area is 162 Å². The molecule has 3 rings (SSSR count). The minimum absolute atomic E-state index is 0.491. The van der Waals surface area contributed by atoms with Gasteiger partial charge in [0.25, 0.3) is 0 Å². The lowest BCUT2D eigenvalue weighted by molar-refractivity contribution is 0.0176. The van der Waals surface area contributed by atoms with Crippen molar-refractivity contribution >= 4 is 5.69 Å². The second-order valence-electron chi connectivity index (χ2n) is 7.06. The zero-order valence-corrected chi connectivity index (χ0v) is 16.6. The molecule has 2 fully saturated rings. The summed E-state index contributed by atoms with van der Waals surface area (Å²) in [7, 11) is 1.66. The Kier molecular flexibility index (Phi) is 8.13. The van der Waals surface area contributed by atoms with E-state index in [2.05, 4.69) is 33.8 Å². The highest BCUT2D eigenvalue weighted by Crippen LogP contribution is 2.35. The van der Waals surface area contributed by atoms with Gasteiger partial charge in [-0.3, -0.25) is 4.90 Å². The first-order valence-electron chi connectivity index (χ1n) is 10.1. The first-order chi connectivity index (χ1) is 13.3. The van der Waals surface area contributed by atoms with Gasteiger partial charge < -0.3 is 23.8 Å². The molecule has 7 nitrogen and oxygen atoms in total. The molecular formula is C20H33N3O4. The Bertz CT molecular complexity index is 546. The quantitative estimate of drug-likeness (QED) is 0.514. The van der Waals surface area contributed by atoms with E-state index in [9.17, 15) is 0 Å². The molecule has 2 atom stereocenters. The third-order valence-corrected chi connectivity index (χ3v) is 5.30. The van der Waals surface area contributed by atoms with Crippen molar-refractivity contribution < 1.29 is 18.9 Å². The number of pyridine rings is 1. The Morgan fingerprint density at radius 2 is 1.67 bits per heavy atom. The molecule has 1 aromatic heterocycles. The fraction of sp³-hybridized carbons (Fsp3) is 0.750. The van der Waals surface area contributed by atoms with E-state index in [0.717, 1.165) is 19.6 Å². The first kappa shape index (κ1) is 20.3. The Hall–Kier alpha value is -1.41. The van der Waals surface area contributed by atoms with E-state index < -0.39 is 0 Å². The standard InChI is InChI=1S/C20H33N3O4/c1-3-22-15-18-4-5-19(16-22)23(18)17-6-7-21-20(14-17)27-13-12-26-11-10-25-9-8-24-2/h6-7,14,18-19H,3-5,8-13,15-16H2,1-2H3. The van der Waals surface area contributed by atoms with Gasteiger partial charge in [-0.15, -0.1) is 0 Å². The number of likely N-dealkylation sites (N-methyl/N-ethyl adjacent to an activating group) is 1. The summed E-state index contributed by atoms with van der Waals surface area (Å²) in [5.41, 5.74) is 1.23. The summed E-state index contributed by atoms with van der Waals surface area (Å²) in [6, 6.07) is 5.40. The van der Waals surface area contributed by atoms with Crippen LogP contribution in [0.4, 0.5) is 5.69 Å². The zero-order chi connectivity index (χ0) is 18.9. The summed E-state index contributed by atoms with van der Waals surface area (Å²) in [5, 5.41) is 0. The minimum Gasteiger partial charge on any atom is -0.475 e. The second kappa shape index (κ2) is 10.8. The van der Waals surface area contributed by atoms with E-state index in [0.29, 0.717) is 57.6 Å². The van der Waals surface area contributed by atoms with Gasteiger partial charge in [0.2, 0.25) is 5.88 Å². The number of likely N-dealkylation sites (tertiary alicyclic amines) is 1. The van der Waals surface area contributed by atoms with Crippen LogP contribution in [0.1, 0.15) is 19.8 Å². The average molecular weight is 380 g/mol. The molecule has 27 heavy (non-hydrogen) atoms. The van der Waals surface area contributed by atoms with E-state index in [1.54, 1.807) is 7.11 Å². The smallest absolute Gasteiger partial charge is 0.215 e. The van der Waals surface area contributed by atoms with E-state index in [-0.39, 0.29) is 0 Å². The Morgan fingerprint density at radius 3 is 2.33 bits per heavy atom. The number of fused-ring (bicyclic) bond motifs is 2. The molecule has 0 N–H and O–H groups in total. The number of hydrogen-bond acceptors (Lipinski definition) is 7. The van der Waals surface area contributed by atoms with Crippen LogP contribution in [0.25, 0.3) is 0 Å². The van der Waals surface area contributed by atoms with Gasteiger partial charge in [-0.2, -0.15) is 0 Å². The van der Waals surface area contributed by atoms with E-state index in [4.69, 9.17) is 18.9 Å². The number of methoxy groups -OCH3 is 1. The van der Waals surface area contributed by atoms with Crippen LogP contribution in [-0.2, 0) is 14.2 Å². The average Bonchev–Trinajstić information content (AvgIpc) is 2.96. The number of anilines is 1. The van der Waals surface area contributed by atoms with Crippen LogP contribution < -0.4 is 9.64 Å². The molecule has 0 aliphatic carbocycles. The Morgan fingerprint density at radius 1 is 1.00 bits per heavy atom. The number of hydrogen-bond donors (Lipinski definition) is 0. The predicted molar refractivity (Wildman–Crippen MR) is 105 cm³/mol. The van der Waals surface area contributed by atoms with Crippen LogP contribution in [-0.4, -0.2) is 88.4 Å². The molecule has 2 bridgehead atoms. The lowest BCUT2D eigenvalue weighted by atomic mass is 10.1. The maximum absolute atomic E-state index is 5.78. The number of aromatic nitrogens is 1. The van der Waals surface area contributed by atoms with Crippen LogP contribution in [0.3, 0.4) is 0 Å². The number of ether oxygens (including phenoxy) is 4. The highest BCUT2D eigenvalue weighted by molar-refractivity contribution is 5.52. The van der Waals surface area contributed by atoms with Crippen molar-refractivity contribution in [2.75, 3.05) is 71.3 Å². The molecule has 0 aromatic carbocycles. The Balaban J connectivity index is 1.40. The van der Waals surface area contributed by atoms with Crippen LogP contribution in [0.2, 0.25) is 0 Å². The number of piperazine rings is 1. The molecule has 0 radical (unpaired) electrons. The third kappa shape index (κ3) is 5.78. The first-order valence-corrected chi connectivity index (χ1v) is 10.1. The van der Waals surface area contributed by atoms with Crippen molar-refractivity contribution in [2.45, 2.75) is 31.8 Å². The van der Waals surface area contributed by atoms with Crippen molar-refractivity contribution in [1.29, 1.82) is 0 Å². The molecule has 152 valence electrons. The molecule has 1 aromatic rings. The maximum Gasteiger partial charge on any atom is 0.215 e. The van der Waals surface area contributed by atoms with Crippen LogP contribution in [0.5, 0.6) is 5.88 Å². The van der Waals surface area contributed by atoms with Gasteiger partial charge in [-0.25, -0.2) is 4.98 Å². The van der Waals surface area contributed by atoms with Gasteiger partial charge in [-0.1, -0.05) is 6.92 Å². The van der Waals surface area contributed by atoms with Crippen molar-refractivity contribution in [1.82, 2.24) is 9.88 Å². The van der Waals surface area contributed by atoms with E-state index in [1.165, 1.54) is 18.5 Å². The largest absolute Gasteiger partial charge is 0.475 e. The minimum atomic E-state index is 0.491. The lowest BCUT2D eigenvalue weighted by Crippen LogP contribution is -2.53. The molecular weight excluding hydrogens is 346 g/mol. The summed E-state index contributed by atoms with van der Waals surface area (Å²) in [4.78, 5) is 9.49. The van der Waals surface area contributed by atoms with Crippen LogP contribution >= 0.6 is 0 Å². The molecule has 2 aliphatic heterocycles. The molecule has 0 spiro atoms. The summed E-state index contributed by atoms with van der Waals surface area (Å²) in [5.74, 6) is 0.671. The highest BCUT2D eigenvalue weighted by Gasteiger charge is 2.39. The van der Waals surface area contributed by atoms with Gasteiger partial charge in [0.15, 0.2) is 0 Å². The topological polar surface area (TPSA) is 56.3 Å². The van der Waals surface area contributed by atoms with Gasteiger partial charge in [0, 0.05) is 50.2 Å². The van der Waals surface area contributed by atoms with E-state index in [1.807, 2.05) is 6.20 Å². The zero-order valence-electron chi connectivity index (χ0n) is 16.6. The molecule has 0 saturated carbocycles. The SMILES string of the molecule is CCN1CC2CCC(C1)N2c1ccnc(OCCOCCOCCOC)c1. The van der Waals surface area contributed by atoms with E-state index >= 15 is 0 Å². The van der Waals surface area contributed by atoms with Crippen molar-refractivity contribution in [3.8, 4) is 5.88 Å².